The van der Waals surface area contributed by atoms with Crippen LogP contribution in [0.15, 0.2) is 49.5 Å². The van der Waals surface area contributed by atoms with Crippen LogP contribution in [0, 0.1) is 0 Å². The van der Waals surface area contributed by atoms with Gasteiger partial charge in [0.1, 0.15) is 0 Å². The van der Waals surface area contributed by atoms with Crippen LogP contribution in [0.1, 0.15) is 17.3 Å². The van der Waals surface area contributed by atoms with Crippen molar-refractivity contribution in [3.63, 3.8) is 0 Å². The molecule has 0 aliphatic carbocycles. The second-order valence-electron chi connectivity index (χ2n) is 4.43. The molecule has 0 fully saturated rings. The first kappa shape index (κ1) is 16.2. The van der Waals surface area contributed by atoms with E-state index in [-0.39, 0.29) is 11.9 Å². The number of carbonyl (C=O) groups is 1. The molecule has 1 N–H and O–H groups in total. The molecular formula is C15H12BrN3O2S2. The highest BCUT2D eigenvalue weighted by Gasteiger charge is 2.14. The van der Waals surface area contributed by atoms with Crippen LogP contribution < -0.4 is 5.32 Å². The van der Waals surface area contributed by atoms with Gasteiger partial charge >= 0.3 is 6.01 Å². The lowest BCUT2D eigenvalue weighted by Crippen LogP contribution is -2.12. The van der Waals surface area contributed by atoms with Crippen molar-refractivity contribution >= 4 is 51.0 Å². The van der Waals surface area contributed by atoms with E-state index in [1.54, 1.807) is 17.8 Å². The summed E-state index contributed by atoms with van der Waals surface area (Å²) in [7, 11) is 0. The molecule has 3 rings (SSSR count). The Labute approximate surface area is 149 Å². The maximum absolute atomic E-state index is 12.3. The monoisotopic (exact) mass is 409 g/mol. The first-order chi connectivity index (χ1) is 11.2. The Balaban J connectivity index is 1.73. The van der Waals surface area contributed by atoms with Gasteiger partial charge < -0.3 is 4.42 Å². The summed E-state index contributed by atoms with van der Waals surface area (Å²) in [5.74, 6) is 1.06. The lowest BCUT2D eigenvalue weighted by Gasteiger charge is -2.03. The maximum Gasteiger partial charge on any atom is 0.322 e. The van der Waals surface area contributed by atoms with E-state index in [1.807, 2.05) is 30.3 Å². The number of thioether (sulfide) groups is 1. The Bertz CT molecular complexity index is 832. The Morgan fingerprint density at radius 1 is 1.35 bits per heavy atom. The van der Waals surface area contributed by atoms with Gasteiger partial charge in [-0.25, -0.2) is 0 Å². The van der Waals surface area contributed by atoms with Crippen molar-refractivity contribution in [2.45, 2.75) is 11.8 Å². The highest BCUT2D eigenvalue weighted by atomic mass is 79.9. The van der Waals surface area contributed by atoms with Gasteiger partial charge in [0.05, 0.1) is 8.66 Å². The number of anilines is 1. The lowest BCUT2D eigenvalue weighted by atomic mass is 10.2. The molecule has 0 radical (unpaired) electrons. The van der Waals surface area contributed by atoms with Crippen LogP contribution in [0.25, 0.3) is 10.8 Å². The van der Waals surface area contributed by atoms with E-state index in [0.29, 0.717) is 11.5 Å². The quantitative estimate of drug-likeness (QED) is 0.605. The lowest BCUT2D eigenvalue weighted by molar-refractivity contribution is 0.102. The maximum atomic E-state index is 12.3. The summed E-state index contributed by atoms with van der Waals surface area (Å²) in [5, 5.41) is 10.4. The Morgan fingerprint density at radius 2 is 2.22 bits per heavy atom. The van der Waals surface area contributed by atoms with E-state index in [9.17, 15) is 4.79 Å². The zero-order valence-electron chi connectivity index (χ0n) is 12.1. The summed E-state index contributed by atoms with van der Waals surface area (Å²) in [5.41, 5.74) is 0.557. The fourth-order valence-corrected chi connectivity index (χ4v) is 3.89. The normalized spacial score (nSPS) is 10.7. The van der Waals surface area contributed by atoms with Crippen LogP contribution in [0.2, 0.25) is 0 Å². The number of amides is 1. The smallest absolute Gasteiger partial charge is 0.322 e. The molecule has 0 saturated heterocycles. The van der Waals surface area contributed by atoms with E-state index in [1.165, 1.54) is 11.3 Å². The Hall–Kier alpha value is -1.64. The topological polar surface area (TPSA) is 68.0 Å². The van der Waals surface area contributed by atoms with Crippen LogP contribution in [-0.2, 0) is 0 Å². The first-order valence-electron chi connectivity index (χ1n) is 6.79. The minimum Gasteiger partial charge on any atom is -0.402 e. The molecule has 1 amide bonds. The second kappa shape index (κ2) is 7.29. The van der Waals surface area contributed by atoms with Gasteiger partial charge in [-0.05, 0) is 52.0 Å². The van der Waals surface area contributed by atoms with Gasteiger partial charge in [0.25, 0.3) is 11.8 Å². The van der Waals surface area contributed by atoms with E-state index in [2.05, 4.69) is 38.4 Å². The summed E-state index contributed by atoms with van der Waals surface area (Å²) in [6, 6.07) is 11.3. The van der Waals surface area contributed by atoms with Gasteiger partial charge in [0, 0.05) is 10.5 Å². The van der Waals surface area contributed by atoms with Crippen LogP contribution in [0.4, 0.5) is 6.01 Å². The standard InChI is InChI=1S/C15H12BrN3O2S2/c1-2-22-10-5-3-4-9(8-10)13(20)17-15-19-18-14(21-15)11-6-7-12(16)23-11/h3-8H,2H2,1H3,(H,17,19,20). The summed E-state index contributed by atoms with van der Waals surface area (Å²) in [6.07, 6.45) is 0. The number of halogens is 1. The van der Waals surface area contributed by atoms with Crippen molar-refractivity contribution < 1.29 is 9.21 Å². The number of thiophene rings is 1. The van der Waals surface area contributed by atoms with Crippen molar-refractivity contribution in [3.8, 4) is 10.8 Å². The Morgan fingerprint density at radius 3 is 2.96 bits per heavy atom. The molecule has 0 saturated carbocycles. The number of hydrogen-bond donors (Lipinski definition) is 1. The molecule has 5 nitrogen and oxygen atoms in total. The van der Waals surface area contributed by atoms with Crippen molar-refractivity contribution in [2.24, 2.45) is 0 Å². The molecule has 1 aromatic carbocycles. The van der Waals surface area contributed by atoms with Crippen molar-refractivity contribution in [2.75, 3.05) is 11.1 Å². The van der Waals surface area contributed by atoms with Crippen LogP contribution in [0.5, 0.6) is 0 Å². The number of carbonyl (C=O) groups excluding carboxylic acids is 1. The molecular weight excluding hydrogens is 398 g/mol. The number of hydrogen-bond acceptors (Lipinski definition) is 6. The average Bonchev–Trinajstić information content (AvgIpc) is 3.17. The minimum atomic E-state index is -0.272. The van der Waals surface area contributed by atoms with E-state index < -0.39 is 0 Å². The number of aromatic nitrogens is 2. The fraction of sp³-hybridized carbons (Fsp3) is 0.133. The average molecular weight is 410 g/mol. The second-order valence-corrected chi connectivity index (χ2v) is 8.23. The highest BCUT2D eigenvalue weighted by molar-refractivity contribution is 9.11. The van der Waals surface area contributed by atoms with Gasteiger partial charge in [-0.3, -0.25) is 10.1 Å². The third kappa shape index (κ3) is 4.01. The fourth-order valence-electron chi connectivity index (χ4n) is 1.87. The van der Waals surface area contributed by atoms with Gasteiger partial charge in [-0.2, -0.15) is 0 Å². The zero-order valence-corrected chi connectivity index (χ0v) is 15.3. The van der Waals surface area contributed by atoms with E-state index in [4.69, 9.17) is 4.42 Å². The molecule has 0 aliphatic rings. The molecule has 23 heavy (non-hydrogen) atoms. The number of nitrogens with one attached hydrogen (secondary N) is 1. The SMILES string of the molecule is CCSc1cccc(C(=O)Nc2nnc(-c3ccc(Br)s3)o2)c1. The predicted molar refractivity (Wildman–Crippen MR) is 96.1 cm³/mol. The number of rotatable bonds is 5. The van der Waals surface area contributed by atoms with Crippen LogP contribution in [0.3, 0.4) is 0 Å². The van der Waals surface area contributed by atoms with Crippen molar-refractivity contribution in [3.05, 3.63) is 45.7 Å². The van der Waals surface area contributed by atoms with Gasteiger partial charge in [-0.1, -0.05) is 18.1 Å². The van der Waals surface area contributed by atoms with Crippen LogP contribution >= 0.6 is 39.0 Å². The summed E-state index contributed by atoms with van der Waals surface area (Å²) < 4.78 is 6.46. The van der Waals surface area contributed by atoms with Gasteiger partial charge in [0.15, 0.2) is 0 Å². The zero-order chi connectivity index (χ0) is 16.2. The molecule has 0 unspecified atom stereocenters. The number of benzene rings is 1. The van der Waals surface area contributed by atoms with Gasteiger partial charge in [-0.15, -0.1) is 28.2 Å². The molecule has 0 atom stereocenters. The predicted octanol–water partition coefficient (Wildman–Crippen LogP) is 4.92. The van der Waals surface area contributed by atoms with E-state index in [0.717, 1.165) is 19.3 Å². The van der Waals surface area contributed by atoms with E-state index >= 15 is 0 Å². The number of nitrogens with zero attached hydrogens (tertiary/aromatic N) is 2. The van der Waals surface area contributed by atoms with Crippen molar-refractivity contribution in [1.82, 2.24) is 10.2 Å². The molecule has 118 valence electrons. The summed E-state index contributed by atoms with van der Waals surface area (Å²) in [6.45, 7) is 2.07. The highest BCUT2D eigenvalue weighted by Crippen LogP contribution is 2.31. The molecule has 2 heterocycles. The third-order valence-electron chi connectivity index (χ3n) is 2.84. The summed E-state index contributed by atoms with van der Waals surface area (Å²) in [4.78, 5) is 14.2. The Kier molecular flexibility index (Phi) is 5.14. The molecule has 0 bridgehead atoms. The van der Waals surface area contributed by atoms with Crippen molar-refractivity contribution in [1.29, 1.82) is 0 Å². The molecule has 2 aromatic heterocycles. The largest absolute Gasteiger partial charge is 0.402 e. The van der Waals surface area contributed by atoms with Gasteiger partial charge in [0.2, 0.25) is 0 Å². The third-order valence-corrected chi connectivity index (χ3v) is 5.32. The molecule has 0 aliphatic heterocycles. The molecule has 3 aromatic rings. The first-order valence-corrected chi connectivity index (χ1v) is 9.38. The minimum absolute atomic E-state index is 0.0862. The van der Waals surface area contributed by atoms with Crippen LogP contribution in [-0.4, -0.2) is 21.9 Å². The molecule has 8 heteroatoms. The molecule has 0 spiro atoms. The summed E-state index contributed by atoms with van der Waals surface area (Å²) >= 11 is 6.55.